The Kier molecular flexibility index (Phi) is 5.88. The van der Waals surface area contributed by atoms with Crippen molar-refractivity contribution in [1.82, 2.24) is 9.99 Å². The van der Waals surface area contributed by atoms with E-state index < -0.39 is 6.03 Å². The number of hydrogen-bond donors (Lipinski definition) is 2. The molecule has 28 heavy (non-hydrogen) atoms. The van der Waals surface area contributed by atoms with Crippen LogP contribution in [0, 0.1) is 6.92 Å². The standard InChI is InChI=1S/C21H23N5O2/c1-15-7-6-10-20(26(23)21(27)25(2)22)18(15)14-28-17-11-12-24-19(13-17)16-8-4-3-5-9-16/h3-13H,14,22-23H2,1-2H3. The van der Waals surface area contributed by atoms with Crippen LogP contribution in [0.15, 0.2) is 66.9 Å². The second-order valence-corrected chi connectivity index (χ2v) is 6.37. The number of rotatable bonds is 5. The molecule has 0 aliphatic heterocycles. The molecule has 0 saturated carbocycles. The maximum Gasteiger partial charge on any atom is 0.352 e. The number of hydrazine groups is 2. The summed E-state index contributed by atoms with van der Waals surface area (Å²) >= 11 is 0. The molecule has 144 valence electrons. The number of pyridine rings is 1. The fourth-order valence-electron chi connectivity index (χ4n) is 2.80. The van der Waals surface area contributed by atoms with Crippen molar-refractivity contribution in [2.45, 2.75) is 13.5 Å². The Morgan fingerprint density at radius 3 is 2.54 bits per heavy atom. The Hall–Kier alpha value is -3.42. The Bertz CT molecular complexity index is 960. The average Bonchev–Trinajstić information content (AvgIpc) is 2.72. The van der Waals surface area contributed by atoms with Crippen LogP contribution >= 0.6 is 0 Å². The van der Waals surface area contributed by atoms with Gasteiger partial charge in [0.15, 0.2) is 0 Å². The first-order valence-electron chi connectivity index (χ1n) is 8.77. The molecular formula is C21H23N5O2. The van der Waals surface area contributed by atoms with E-state index in [4.69, 9.17) is 16.4 Å². The van der Waals surface area contributed by atoms with Crippen molar-refractivity contribution in [3.8, 4) is 17.0 Å². The van der Waals surface area contributed by atoms with Gasteiger partial charge >= 0.3 is 6.03 Å². The first-order valence-corrected chi connectivity index (χ1v) is 8.77. The van der Waals surface area contributed by atoms with Gasteiger partial charge in [-0.25, -0.2) is 21.5 Å². The smallest absolute Gasteiger partial charge is 0.352 e. The summed E-state index contributed by atoms with van der Waals surface area (Å²) in [4.78, 5) is 16.5. The van der Waals surface area contributed by atoms with Gasteiger partial charge in [-0.05, 0) is 24.6 Å². The van der Waals surface area contributed by atoms with Gasteiger partial charge in [0.05, 0.1) is 11.4 Å². The predicted molar refractivity (Wildman–Crippen MR) is 109 cm³/mol. The highest BCUT2D eigenvalue weighted by Crippen LogP contribution is 2.26. The Balaban J connectivity index is 1.83. The lowest BCUT2D eigenvalue weighted by atomic mass is 10.1. The van der Waals surface area contributed by atoms with E-state index in [1.165, 1.54) is 7.05 Å². The number of carbonyl (C=O) groups is 1. The molecule has 0 bridgehead atoms. The zero-order valence-corrected chi connectivity index (χ0v) is 15.9. The van der Waals surface area contributed by atoms with Crippen LogP contribution in [0.4, 0.5) is 10.5 Å². The molecular weight excluding hydrogens is 354 g/mol. The number of carbonyl (C=O) groups excluding carboxylic acids is 1. The summed E-state index contributed by atoms with van der Waals surface area (Å²) in [6.07, 6.45) is 1.71. The second-order valence-electron chi connectivity index (χ2n) is 6.37. The van der Waals surface area contributed by atoms with E-state index in [2.05, 4.69) is 4.98 Å². The summed E-state index contributed by atoms with van der Waals surface area (Å²) in [6, 6.07) is 18.6. The zero-order chi connectivity index (χ0) is 20.1. The van der Waals surface area contributed by atoms with Crippen LogP contribution in [0.3, 0.4) is 0 Å². The lowest BCUT2D eigenvalue weighted by Gasteiger charge is -2.24. The minimum absolute atomic E-state index is 0.246. The van der Waals surface area contributed by atoms with E-state index in [9.17, 15) is 4.79 Å². The third-order valence-corrected chi connectivity index (χ3v) is 4.34. The summed E-state index contributed by atoms with van der Waals surface area (Å²) in [5, 5.41) is 1.95. The van der Waals surface area contributed by atoms with E-state index in [0.717, 1.165) is 32.4 Å². The number of ether oxygens (including phenoxy) is 1. The summed E-state index contributed by atoms with van der Waals surface area (Å²) in [5.41, 5.74) is 4.13. The van der Waals surface area contributed by atoms with Gasteiger partial charge in [0, 0.05) is 30.4 Å². The van der Waals surface area contributed by atoms with Gasteiger partial charge in [-0.2, -0.15) is 0 Å². The van der Waals surface area contributed by atoms with E-state index in [1.807, 2.05) is 55.5 Å². The molecule has 2 aromatic carbocycles. The van der Waals surface area contributed by atoms with Crippen molar-refractivity contribution in [3.05, 3.63) is 78.0 Å². The first kappa shape index (κ1) is 19.3. The van der Waals surface area contributed by atoms with Gasteiger partial charge in [-0.1, -0.05) is 42.5 Å². The predicted octanol–water partition coefficient (Wildman–Crippen LogP) is 3.24. The topological polar surface area (TPSA) is 97.7 Å². The highest BCUT2D eigenvalue weighted by molar-refractivity contribution is 5.91. The second kappa shape index (κ2) is 8.51. The first-order chi connectivity index (χ1) is 13.5. The normalized spacial score (nSPS) is 10.4. The lowest BCUT2D eigenvalue weighted by molar-refractivity contribution is 0.216. The summed E-state index contributed by atoms with van der Waals surface area (Å²) < 4.78 is 5.99. The molecule has 0 aliphatic carbocycles. The van der Waals surface area contributed by atoms with Crippen molar-refractivity contribution in [1.29, 1.82) is 0 Å². The van der Waals surface area contributed by atoms with Gasteiger partial charge in [0.1, 0.15) is 12.4 Å². The van der Waals surface area contributed by atoms with Crippen LogP contribution < -0.4 is 21.4 Å². The summed E-state index contributed by atoms with van der Waals surface area (Å²) in [5.74, 6) is 12.2. The quantitative estimate of drug-likeness (QED) is 0.404. The minimum Gasteiger partial charge on any atom is -0.489 e. The Labute approximate surface area is 164 Å². The molecule has 0 atom stereocenters. The molecule has 0 fully saturated rings. The molecule has 7 nitrogen and oxygen atoms in total. The number of amides is 2. The van der Waals surface area contributed by atoms with E-state index >= 15 is 0 Å². The van der Waals surface area contributed by atoms with Crippen LogP contribution in [0.1, 0.15) is 11.1 Å². The molecule has 0 aliphatic rings. The number of hydrogen-bond acceptors (Lipinski definition) is 5. The molecule has 1 heterocycles. The molecule has 0 saturated heterocycles. The van der Waals surface area contributed by atoms with Crippen LogP contribution in [-0.2, 0) is 6.61 Å². The molecule has 7 heteroatoms. The van der Waals surface area contributed by atoms with Crippen LogP contribution in [-0.4, -0.2) is 23.1 Å². The molecule has 0 unspecified atom stereocenters. The van der Waals surface area contributed by atoms with Crippen LogP contribution in [0.2, 0.25) is 0 Å². The van der Waals surface area contributed by atoms with Gasteiger partial charge in [0.25, 0.3) is 0 Å². The molecule has 1 aromatic heterocycles. The van der Waals surface area contributed by atoms with Crippen molar-refractivity contribution < 1.29 is 9.53 Å². The Morgan fingerprint density at radius 2 is 1.82 bits per heavy atom. The molecule has 3 aromatic rings. The summed E-state index contributed by atoms with van der Waals surface area (Å²) in [6.45, 7) is 2.18. The molecule has 2 amide bonds. The van der Waals surface area contributed by atoms with E-state index in [1.54, 1.807) is 18.3 Å². The molecule has 0 radical (unpaired) electrons. The SMILES string of the molecule is Cc1cccc(N(N)C(=O)N(C)N)c1COc1ccnc(-c2ccccc2)c1. The number of urea groups is 1. The fraction of sp³-hybridized carbons (Fsp3) is 0.143. The maximum absolute atomic E-state index is 12.1. The third kappa shape index (κ3) is 4.28. The average molecular weight is 377 g/mol. The number of anilines is 1. The van der Waals surface area contributed by atoms with Gasteiger partial charge in [-0.15, -0.1) is 0 Å². The maximum atomic E-state index is 12.1. The Morgan fingerprint density at radius 1 is 1.07 bits per heavy atom. The van der Waals surface area contributed by atoms with Crippen LogP contribution in [0.25, 0.3) is 11.3 Å². The minimum atomic E-state index is -0.526. The van der Waals surface area contributed by atoms with Crippen LogP contribution in [0.5, 0.6) is 5.75 Å². The van der Waals surface area contributed by atoms with Crippen molar-refractivity contribution in [3.63, 3.8) is 0 Å². The van der Waals surface area contributed by atoms with Gasteiger partial charge in [0.2, 0.25) is 0 Å². The largest absolute Gasteiger partial charge is 0.489 e. The van der Waals surface area contributed by atoms with Gasteiger partial charge < -0.3 is 4.74 Å². The number of aromatic nitrogens is 1. The van der Waals surface area contributed by atoms with E-state index in [-0.39, 0.29) is 6.61 Å². The van der Waals surface area contributed by atoms with Gasteiger partial charge in [-0.3, -0.25) is 9.99 Å². The third-order valence-electron chi connectivity index (χ3n) is 4.34. The number of nitrogens with two attached hydrogens (primary N) is 2. The fourth-order valence-corrected chi connectivity index (χ4v) is 2.80. The monoisotopic (exact) mass is 377 g/mol. The number of nitrogens with zero attached hydrogens (tertiary/aromatic N) is 3. The number of aryl methyl sites for hydroxylation is 1. The lowest BCUT2D eigenvalue weighted by Crippen LogP contribution is -2.49. The summed E-state index contributed by atoms with van der Waals surface area (Å²) in [7, 11) is 1.44. The highest BCUT2D eigenvalue weighted by Gasteiger charge is 2.19. The molecule has 0 spiro atoms. The van der Waals surface area contributed by atoms with Crippen molar-refractivity contribution >= 4 is 11.7 Å². The highest BCUT2D eigenvalue weighted by atomic mass is 16.5. The van der Waals surface area contributed by atoms with Crippen molar-refractivity contribution in [2.75, 3.05) is 12.1 Å². The molecule has 4 N–H and O–H groups in total. The zero-order valence-electron chi connectivity index (χ0n) is 15.9. The van der Waals surface area contributed by atoms with Crippen molar-refractivity contribution in [2.24, 2.45) is 11.7 Å². The molecule has 3 rings (SSSR count). The van der Waals surface area contributed by atoms with E-state index in [0.29, 0.717) is 11.4 Å². The number of benzene rings is 2.